The molecule has 6 N–H and O–H groups in total. The lowest BCUT2D eigenvalue weighted by molar-refractivity contribution is 0.0945. The summed E-state index contributed by atoms with van der Waals surface area (Å²) in [5.41, 5.74) is 2.96. The van der Waals surface area contributed by atoms with Crippen LogP contribution in [0.5, 0.6) is 0 Å². The van der Waals surface area contributed by atoms with E-state index in [-0.39, 0.29) is 74.7 Å². The van der Waals surface area contributed by atoms with E-state index in [1.54, 1.807) is 24.3 Å². The Bertz CT molecular complexity index is 5140. The normalized spacial score (nSPS) is 11.4. The van der Waals surface area contributed by atoms with Gasteiger partial charge in [-0.3, -0.25) is 28.8 Å². The Kier molecular flexibility index (Phi) is 57.5. The predicted molar refractivity (Wildman–Crippen MR) is 587 cm³/mol. The van der Waals surface area contributed by atoms with Gasteiger partial charge in [0, 0.05) is 114 Å². The Hall–Kier alpha value is 6.93. The minimum atomic E-state index is -4.32. The molecule has 0 spiro atoms. The average molecular weight is 4010 g/mol. The van der Waals surface area contributed by atoms with Crippen LogP contribution in [0, 0.1) is 75.0 Å². The summed E-state index contributed by atoms with van der Waals surface area (Å²) in [4.78, 5) is 71.5. The van der Waals surface area contributed by atoms with Gasteiger partial charge in [0.25, 0.3) is 35.4 Å². The predicted octanol–water partition coefficient (Wildman–Crippen LogP) is 12.5. The SMILES string of the molecule is O=C(NCCS(=O)(=O)[O-])c1c(I)c(I)c(I)c(I)c1I.O=C(NCCS(=O)(=O)[O-])c1c(I)c(I)cc(I)c1I.O=C(NCCS(=O)(=O)[O-])c1c(I)cc(I)cc1I.O=C(NCCS(=O)(=O)[O-])c1cc(I)c(I)c(I)c1I.O=C(NCCS(=O)(=O)[O-])c1cc(I)cc(I)c1I.O=C(NCCS(=O)(=O)[O-])c1ccc(I)cc1I. The molecule has 0 aliphatic rings. The first-order valence-electron chi connectivity index (χ1n) is 27.7. The Morgan fingerprint density at radius 3 is 0.802 bits per heavy atom. The average Bonchev–Trinajstić information content (AvgIpc) is 0.793. The highest BCUT2D eigenvalue weighted by Gasteiger charge is 2.24. The number of hydrogen-bond donors (Lipinski definition) is 6. The van der Waals surface area contributed by atoms with Gasteiger partial charge in [-0.25, -0.2) is 50.5 Å². The number of carbonyl (C=O) groups is 6. The van der Waals surface area contributed by atoms with Crippen molar-refractivity contribution in [2.75, 3.05) is 73.8 Å². The number of rotatable bonds is 24. The van der Waals surface area contributed by atoms with Crippen molar-refractivity contribution in [3.8, 4) is 0 Å². The van der Waals surface area contributed by atoms with E-state index >= 15 is 0 Å². The van der Waals surface area contributed by atoms with Crippen molar-refractivity contribution >= 4 is 571 Å². The third-order valence-electron chi connectivity index (χ3n) is 11.6. The van der Waals surface area contributed by atoms with E-state index in [0.29, 0.717) is 33.4 Å². The summed E-state index contributed by atoms with van der Waals surface area (Å²) in [6.45, 7) is -1.08. The number of hydrogen-bond acceptors (Lipinski definition) is 24. The van der Waals surface area contributed by atoms with Crippen LogP contribution in [-0.2, 0) is 60.7 Å². The van der Waals surface area contributed by atoms with Gasteiger partial charge in [-0.15, -0.1) is 0 Å². The van der Waals surface area contributed by atoms with Gasteiger partial charge in [0.15, 0.2) is 0 Å². The monoisotopic (exact) mass is 4010 g/mol. The van der Waals surface area contributed by atoms with E-state index < -0.39 is 95.2 Å². The standard InChI is InChI=1S/C9H6I5NO4S.2C9H7I4NO4S.2C9H8I3NO4S.C9H9I2NO4S/c10-4-3(5(11)7(13)8(14)6(4)12)9(16)15-1-2-20(17,18)19;10-4-3-5(11)8(13)6(7(4)12)9(15)14-1-2-19(16,17)18;10-5-3-4(6(11)8(13)7(5)12)9(15)14-1-2-19(16,17)18;10-5-3-6(11)8(7(12)4-5)9(14)13-1-2-18(15,16)17;10-5-3-6(8(12)7(11)4-5)9(14)13-1-2-18(15,16)17;10-6-1-2-7(8(11)5-6)9(13)12-3-4-17(14,15)16/h1-2H2,(H,15,16)(H,17,18,19);2*3H,1-2H2,(H,14,15)(H,16,17,18);2*3-4H,1-2H2,(H,13,14)(H,15,16,17);1-2,5H,3-4H2,(H,12,13)(H,14,15,16)/p-6. The third-order valence-corrected chi connectivity index (χ3v) is 46.2. The van der Waals surface area contributed by atoms with Crippen LogP contribution >= 0.6 is 474 Å². The highest BCUT2D eigenvalue weighted by molar-refractivity contribution is 14.1. The van der Waals surface area contributed by atoms with Gasteiger partial charge in [-0.05, 0) is 529 Å². The first-order valence-corrected chi connectivity index (χ1v) is 59.9. The minimum absolute atomic E-state index is 0.174. The summed E-state index contributed by atoms with van der Waals surface area (Å²) < 4.78 is 207. The van der Waals surface area contributed by atoms with Crippen LogP contribution < -0.4 is 31.9 Å². The van der Waals surface area contributed by atoms with Gasteiger partial charge >= 0.3 is 0 Å². The molecule has 6 aromatic carbocycles. The molecule has 0 heterocycles. The second-order valence-corrected chi connectivity index (χ2v) is 52.7. The van der Waals surface area contributed by atoms with Crippen molar-refractivity contribution in [2.45, 2.75) is 0 Å². The Balaban J connectivity index is 0.000000666. The molecule has 618 valence electrons. The van der Waals surface area contributed by atoms with Crippen LogP contribution in [0.3, 0.4) is 0 Å². The molecular formula is C54H39I21N6O24S6-6. The smallest absolute Gasteiger partial charge is 0.253 e. The highest BCUT2D eigenvalue weighted by atomic mass is 127. The summed E-state index contributed by atoms with van der Waals surface area (Å²) in [6, 6.07) is 16.3. The van der Waals surface area contributed by atoms with Crippen LogP contribution in [-0.4, -0.2) is 187 Å². The molecule has 6 aromatic rings. The van der Waals surface area contributed by atoms with Gasteiger partial charge < -0.3 is 59.2 Å². The Morgan fingerprint density at radius 1 is 0.225 bits per heavy atom. The first-order chi connectivity index (χ1) is 50.5. The fourth-order valence-electron chi connectivity index (χ4n) is 6.76. The van der Waals surface area contributed by atoms with Crippen molar-refractivity contribution < 1.29 is 107 Å². The van der Waals surface area contributed by atoms with Crippen molar-refractivity contribution in [3.05, 3.63) is 163 Å². The van der Waals surface area contributed by atoms with E-state index in [0.717, 1.165) is 75.0 Å². The number of carbonyl (C=O) groups excluding carboxylic acids is 6. The number of amides is 6. The van der Waals surface area contributed by atoms with E-state index in [4.69, 9.17) is 0 Å². The second kappa shape index (κ2) is 55.1. The number of benzene rings is 6. The van der Waals surface area contributed by atoms with E-state index in [1.807, 2.05) is 98.1 Å². The lowest BCUT2D eigenvalue weighted by Gasteiger charge is -2.14. The van der Waals surface area contributed by atoms with Gasteiger partial charge in [-0.2, -0.15) is 0 Å². The fraction of sp³-hybridized carbons (Fsp3) is 0.222. The summed E-state index contributed by atoms with van der Waals surface area (Å²) >= 11 is 44.4. The zero-order valence-electron chi connectivity index (χ0n) is 53.4. The molecule has 57 heteroatoms. The molecule has 30 nitrogen and oxygen atoms in total. The molecule has 0 bridgehead atoms. The molecule has 6 rings (SSSR count). The van der Waals surface area contributed by atoms with Crippen LogP contribution in [0.15, 0.2) is 54.6 Å². The van der Waals surface area contributed by atoms with Gasteiger partial charge in [-0.1, -0.05) is 0 Å². The van der Waals surface area contributed by atoms with Crippen molar-refractivity contribution in [1.29, 1.82) is 0 Å². The maximum absolute atomic E-state index is 12.2. The van der Waals surface area contributed by atoms with Crippen LogP contribution in [0.1, 0.15) is 62.1 Å². The molecule has 6 amide bonds. The summed E-state index contributed by atoms with van der Waals surface area (Å²) in [5.74, 6) is -5.85. The molecule has 0 aromatic heterocycles. The molecule has 0 saturated heterocycles. The topological polar surface area (TPSA) is 518 Å². The third kappa shape index (κ3) is 46.7. The zero-order chi connectivity index (χ0) is 86.1. The summed E-state index contributed by atoms with van der Waals surface area (Å²) in [6.07, 6.45) is 0. The minimum Gasteiger partial charge on any atom is -0.748 e. The van der Waals surface area contributed by atoms with Crippen molar-refractivity contribution in [1.82, 2.24) is 31.9 Å². The number of nitrogens with one attached hydrogen (secondary N) is 6. The lowest BCUT2D eigenvalue weighted by atomic mass is 10.2. The van der Waals surface area contributed by atoms with Crippen LogP contribution in [0.2, 0.25) is 0 Å². The fourth-order valence-corrected chi connectivity index (χ4v) is 29.3. The van der Waals surface area contributed by atoms with Crippen molar-refractivity contribution in [2.24, 2.45) is 0 Å². The van der Waals surface area contributed by atoms with Gasteiger partial charge in [0.2, 0.25) is 0 Å². The Morgan fingerprint density at radius 2 is 0.468 bits per heavy atom. The lowest BCUT2D eigenvalue weighted by Crippen LogP contribution is -2.30. The van der Waals surface area contributed by atoms with Crippen molar-refractivity contribution in [3.63, 3.8) is 0 Å². The molecule has 0 radical (unpaired) electrons. The molecule has 0 unspecified atom stereocenters. The van der Waals surface area contributed by atoms with Gasteiger partial charge in [0.1, 0.15) is 0 Å². The second-order valence-electron chi connectivity index (χ2n) is 19.9. The maximum atomic E-state index is 12.2. The van der Waals surface area contributed by atoms with Crippen LogP contribution in [0.25, 0.3) is 0 Å². The molecule has 0 atom stereocenters. The molecular weight excluding hydrogens is 3970 g/mol. The number of halogens is 21. The summed E-state index contributed by atoms with van der Waals surface area (Å²) in [7, 11) is -25.8. The van der Waals surface area contributed by atoms with Gasteiger partial charge in [0.05, 0.1) is 129 Å². The largest absolute Gasteiger partial charge is 0.748 e. The van der Waals surface area contributed by atoms with E-state index in [1.165, 1.54) is 0 Å². The Labute approximate surface area is 925 Å². The molecule has 111 heavy (non-hydrogen) atoms. The van der Waals surface area contributed by atoms with E-state index in [2.05, 4.69) is 439 Å². The summed E-state index contributed by atoms with van der Waals surface area (Å²) in [5, 5.41) is 14.6. The van der Waals surface area contributed by atoms with Crippen LogP contribution in [0.4, 0.5) is 0 Å². The molecule has 0 saturated carbocycles. The molecule has 0 aliphatic heterocycles. The molecule has 0 fully saturated rings. The quantitative estimate of drug-likeness (QED) is 0.0142. The van der Waals surface area contributed by atoms with E-state index in [9.17, 15) is 107 Å². The first kappa shape index (κ1) is 116. The zero-order valence-corrected chi connectivity index (χ0v) is 104. The molecule has 0 aliphatic carbocycles. The highest BCUT2D eigenvalue weighted by Crippen LogP contribution is 2.35. The maximum Gasteiger partial charge on any atom is 0.253 e.